The maximum Gasteiger partial charge on any atom is 0.332 e. The molecule has 2 aromatic carbocycles. The molecule has 3 rings (SSSR count). The van der Waals surface area contributed by atoms with Crippen molar-refractivity contribution in [3.8, 4) is 11.1 Å². The average molecular weight is 339 g/mol. The maximum absolute atomic E-state index is 12.8. The summed E-state index contributed by atoms with van der Waals surface area (Å²) in [6.07, 6.45) is -1.84. The van der Waals surface area contributed by atoms with Gasteiger partial charge >= 0.3 is 5.97 Å². The highest BCUT2D eigenvalue weighted by Gasteiger charge is 2.28. The van der Waals surface area contributed by atoms with Crippen molar-refractivity contribution >= 4 is 11.9 Å². The predicted octanol–water partition coefficient (Wildman–Crippen LogP) is 3.07. The largest absolute Gasteiger partial charge is 0.479 e. The number of rotatable bonds is 4. The SMILES string of the molecule is CC(OC(C)C(=O)N1Cc2ccccc2-c2ccccc2C1)C(=O)O. The van der Waals surface area contributed by atoms with Gasteiger partial charge in [0, 0.05) is 13.1 Å². The van der Waals surface area contributed by atoms with Gasteiger partial charge in [-0.15, -0.1) is 0 Å². The van der Waals surface area contributed by atoms with Crippen LogP contribution in [0, 0.1) is 0 Å². The molecule has 0 aromatic heterocycles. The van der Waals surface area contributed by atoms with E-state index >= 15 is 0 Å². The molecule has 130 valence electrons. The van der Waals surface area contributed by atoms with Crippen LogP contribution in [0.1, 0.15) is 25.0 Å². The molecule has 2 atom stereocenters. The summed E-state index contributed by atoms with van der Waals surface area (Å²) in [6.45, 7) is 3.97. The van der Waals surface area contributed by atoms with Crippen LogP contribution in [-0.2, 0) is 27.4 Å². The number of hydrogen-bond acceptors (Lipinski definition) is 3. The molecule has 0 spiro atoms. The highest BCUT2D eigenvalue weighted by Crippen LogP contribution is 2.32. The molecular weight excluding hydrogens is 318 g/mol. The first kappa shape index (κ1) is 17.2. The molecule has 2 aromatic rings. The monoisotopic (exact) mass is 339 g/mol. The Morgan fingerprint density at radius 3 is 1.88 bits per heavy atom. The van der Waals surface area contributed by atoms with E-state index in [1.165, 1.54) is 6.92 Å². The molecule has 1 N–H and O–H groups in total. The second-order valence-electron chi connectivity index (χ2n) is 6.27. The van der Waals surface area contributed by atoms with E-state index in [0.29, 0.717) is 13.1 Å². The lowest BCUT2D eigenvalue weighted by molar-refractivity contribution is -0.159. The number of nitrogens with zero attached hydrogens (tertiary/aromatic N) is 1. The predicted molar refractivity (Wildman–Crippen MR) is 93.8 cm³/mol. The minimum atomic E-state index is -1.08. The fourth-order valence-corrected chi connectivity index (χ4v) is 3.14. The van der Waals surface area contributed by atoms with Gasteiger partial charge in [-0.2, -0.15) is 0 Å². The number of carbonyl (C=O) groups is 2. The van der Waals surface area contributed by atoms with Gasteiger partial charge in [-0.05, 0) is 36.1 Å². The number of ether oxygens (including phenoxy) is 1. The van der Waals surface area contributed by atoms with Gasteiger partial charge in [-0.25, -0.2) is 4.79 Å². The Bertz CT molecular complexity index is 754. The van der Waals surface area contributed by atoms with Crippen molar-refractivity contribution in [2.75, 3.05) is 0 Å². The van der Waals surface area contributed by atoms with Crippen molar-refractivity contribution in [1.29, 1.82) is 0 Å². The molecule has 0 saturated carbocycles. The number of fused-ring (bicyclic) bond motifs is 3. The Labute approximate surface area is 146 Å². The zero-order valence-corrected chi connectivity index (χ0v) is 14.3. The summed E-state index contributed by atoms with van der Waals surface area (Å²) in [4.78, 5) is 25.5. The van der Waals surface area contributed by atoms with E-state index in [1.807, 2.05) is 36.4 Å². The molecule has 2 unspecified atom stereocenters. The average Bonchev–Trinajstić information content (AvgIpc) is 2.77. The first-order chi connectivity index (χ1) is 12.0. The summed E-state index contributed by atoms with van der Waals surface area (Å²) in [6, 6.07) is 16.1. The van der Waals surface area contributed by atoms with Crippen molar-refractivity contribution in [3.63, 3.8) is 0 Å². The summed E-state index contributed by atoms with van der Waals surface area (Å²) >= 11 is 0. The fourth-order valence-electron chi connectivity index (χ4n) is 3.14. The Kier molecular flexibility index (Phi) is 4.86. The Balaban J connectivity index is 1.90. The maximum atomic E-state index is 12.8. The second kappa shape index (κ2) is 7.07. The van der Waals surface area contributed by atoms with Gasteiger partial charge in [0.25, 0.3) is 5.91 Å². The van der Waals surface area contributed by atoms with Crippen molar-refractivity contribution in [2.24, 2.45) is 0 Å². The van der Waals surface area contributed by atoms with E-state index in [4.69, 9.17) is 9.84 Å². The van der Waals surface area contributed by atoms with Crippen LogP contribution in [0.25, 0.3) is 11.1 Å². The molecule has 0 saturated heterocycles. The van der Waals surface area contributed by atoms with Crippen LogP contribution in [0.15, 0.2) is 48.5 Å². The summed E-state index contributed by atoms with van der Waals surface area (Å²) in [5.74, 6) is -1.29. The van der Waals surface area contributed by atoms with E-state index in [9.17, 15) is 9.59 Å². The first-order valence-corrected chi connectivity index (χ1v) is 8.30. The smallest absolute Gasteiger partial charge is 0.332 e. The van der Waals surface area contributed by atoms with E-state index in [1.54, 1.807) is 11.8 Å². The molecule has 0 bridgehead atoms. The fraction of sp³-hybridized carbons (Fsp3) is 0.300. The molecule has 1 aliphatic heterocycles. The van der Waals surface area contributed by atoms with Crippen LogP contribution in [0.5, 0.6) is 0 Å². The van der Waals surface area contributed by atoms with Gasteiger partial charge in [0.05, 0.1) is 0 Å². The van der Waals surface area contributed by atoms with Gasteiger partial charge in [-0.1, -0.05) is 48.5 Å². The molecule has 5 nitrogen and oxygen atoms in total. The molecule has 0 fully saturated rings. The van der Waals surface area contributed by atoms with Crippen LogP contribution in [0.4, 0.5) is 0 Å². The third-order valence-electron chi connectivity index (χ3n) is 4.46. The minimum absolute atomic E-state index is 0.209. The Hall–Kier alpha value is -2.66. The van der Waals surface area contributed by atoms with Crippen LogP contribution in [0.2, 0.25) is 0 Å². The summed E-state index contributed by atoms with van der Waals surface area (Å²) < 4.78 is 5.35. The van der Waals surface area contributed by atoms with Crippen molar-refractivity contribution in [2.45, 2.75) is 39.1 Å². The van der Waals surface area contributed by atoms with Gasteiger partial charge in [0.15, 0.2) is 6.10 Å². The normalized spacial score (nSPS) is 15.5. The van der Waals surface area contributed by atoms with E-state index < -0.39 is 18.2 Å². The number of carbonyl (C=O) groups excluding carboxylic acids is 1. The van der Waals surface area contributed by atoms with E-state index in [2.05, 4.69) is 12.1 Å². The zero-order valence-electron chi connectivity index (χ0n) is 14.3. The lowest BCUT2D eigenvalue weighted by Gasteiger charge is -2.26. The number of carboxylic acid groups (broad SMARTS) is 1. The standard InChI is InChI=1S/C20H21NO4/c1-13(25-14(2)20(23)24)19(22)21-11-15-7-3-5-9-17(15)18-10-6-4-8-16(18)12-21/h3-10,13-14H,11-12H2,1-2H3,(H,23,24). The Morgan fingerprint density at radius 2 is 1.40 bits per heavy atom. The van der Waals surface area contributed by atoms with Crippen molar-refractivity contribution in [3.05, 3.63) is 59.7 Å². The van der Waals surface area contributed by atoms with E-state index in [-0.39, 0.29) is 5.91 Å². The first-order valence-electron chi connectivity index (χ1n) is 8.30. The Morgan fingerprint density at radius 1 is 0.920 bits per heavy atom. The van der Waals surface area contributed by atoms with E-state index in [0.717, 1.165) is 22.3 Å². The quantitative estimate of drug-likeness (QED) is 0.929. The highest BCUT2D eigenvalue weighted by molar-refractivity contribution is 5.83. The molecule has 0 radical (unpaired) electrons. The third kappa shape index (κ3) is 3.56. The van der Waals surface area contributed by atoms with Crippen LogP contribution >= 0.6 is 0 Å². The number of amides is 1. The molecular formula is C20H21NO4. The third-order valence-corrected chi connectivity index (χ3v) is 4.46. The molecule has 1 heterocycles. The second-order valence-corrected chi connectivity index (χ2v) is 6.27. The lowest BCUT2D eigenvalue weighted by atomic mass is 9.97. The van der Waals surface area contributed by atoms with Gasteiger partial charge < -0.3 is 14.7 Å². The molecule has 0 aliphatic carbocycles. The van der Waals surface area contributed by atoms with Gasteiger partial charge in [-0.3, -0.25) is 4.79 Å². The van der Waals surface area contributed by atoms with Crippen LogP contribution in [0.3, 0.4) is 0 Å². The van der Waals surface area contributed by atoms with Gasteiger partial charge in [0.1, 0.15) is 6.10 Å². The highest BCUT2D eigenvalue weighted by atomic mass is 16.5. The number of hydrogen-bond donors (Lipinski definition) is 1. The lowest BCUT2D eigenvalue weighted by Crippen LogP contribution is -2.40. The zero-order chi connectivity index (χ0) is 18.0. The summed E-state index contributed by atoms with van der Waals surface area (Å²) in [5.41, 5.74) is 4.39. The summed E-state index contributed by atoms with van der Waals surface area (Å²) in [5, 5.41) is 8.98. The number of carboxylic acids is 1. The molecule has 1 amide bonds. The minimum Gasteiger partial charge on any atom is -0.479 e. The van der Waals surface area contributed by atoms with Crippen molar-refractivity contribution in [1.82, 2.24) is 4.90 Å². The molecule has 25 heavy (non-hydrogen) atoms. The molecule has 5 heteroatoms. The number of benzene rings is 2. The van der Waals surface area contributed by atoms with Crippen LogP contribution < -0.4 is 0 Å². The molecule has 1 aliphatic rings. The summed E-state index contributed by atoms with van der Waals surface area (Å²) in [7, 11) is 0. The van der Waals surface area contributed by atoms with Crippen LogP contribution in [-0.4, -0.2) is 34.1 Å². The van der Waals surface area contributed by atoms with Crippen molar-refractivity contribution < 1.29 is 19.4 Å². The number of aliphatic carboxylic acids is 1. The topological polar surface area (TPSA) is 66.8 Å². The van der Waals surface area contributed by atoms with Gasteiger partial charge in [0.2, 0.25) is 0 Å².